The number of carbonyl (C=O) groups is 1. The van der Waals surface area contributed by atoms with Gasteiger partial charge in [0.15, 0.2) is 16.6 Å². The third kappa shape index (κ3) is 5.31. The van der Waals surface area contributed by atoms with Crippen LogP contribution in [0.25, 0.3) is 10.2 Å². The van der Waals surface area contributed by atoms with Crippen LogP contribution in [0.1, 0.15) is 13.3 Å². The van der Waals surface area contributed by atoms with Crippen LogP contribution in [0.2, 0.25) is 0 Å². The SMILES string of the molecule is CC1Oc2ccccc2OC1C(=O)N(CCCN(C)C)c1nc2ccc(Br)cc2s1.Cl. The molecule has 2 unspecified atom stereocenters. The highest BCUT2D eigenvalue weighted by Crippen LogP contribution is 2.36. The molecule has 2 heterocycles. The van der Waals surface area contributed by atoms with Crippen molar-refractivity contribution in [2.45, 2.75) is 25.6 Å². The van der Waals surface area contributed by atoms with Gasteiger partial charge in [0, 0.05) is 11.0 Å². The van der Waals surface area contributed by atoms with E-state index in [4.69, 9.17) is 14.5 Å². The van der Waals surface area contributed by atoms with E-state index in [1.165, 1.54) is 11.3 Å². The molecule has 1 aliphatic rings. The molecule has 9 heteroatoms. The molecule has 0 N–H and O–H groups in total. The molecule has 3 aromatic rings. The number of fused-ring (bicyclic) bond motifs is 2. The average Bonchev–Trinajstić information content (AvgIpc) is 3.12. The Morgan fingerprint density at radius 3 is 2.55 bits per heavy atom. The quantitative estimate of drug-likeness (QED) is 0.453. The molecule has 6 nitrogen and oxygen atoms in total. The molecule has 0 fully saturated rings. The van der Waals surface area contributed by atoms with Crippen molar-refractivity contribution in [3.63, 3.8) is 0 Å². The number of rotatable bonds is 6. The van der Waals surface area contributed by atoms with Gasteiger partial charge >= 0.3 is 0 Å². The van der Waals surface area contributed by atoms with Gasteiger partial charge < -0.3 is 14.4 Å². The van der Waals surface area contributed by atoms with Crippen molar-refractivity contribution in [3.05, 3.63) is 46.9 Å². The first kappa shape index (κ1) is 23.8. The summed E-state index contributed by atoms with van der Waals surface area (Å²) in [6.45, 7) is 3.30. The van der Waals surface area contributed by atoms with Gasteiger partial charge in [0.25, 0.3) is 5.91 Å². The Bertz CT molecular complexity index is 1060. The highest BCUT2D eigenvalue weighted by atomic mass is 79.9. The van der Waals surface area contributed by atoms with Crippen molar-refractivity contribution < 1.29 is 14.3 Å². The summed E-state index contributed by atoms with van der Waals surface area (Å²) in [6, 6.07) is 13.4. The second-order valence-electron chi connectivity index (χ2n) is 7.56. The van der Waals surface area contributed by atoms with Crippen LogP contribution in [0.3, 0.4) is 0 Å². The lowest BCUT2D eigenvalue weighted by Gasteiger charge is -2.33. The Hall–Kier alpha value is -1.87. The van der Waals surface area contributed by atoms with E-state index in [0.29, 0.717) is 23.2 Å². The van der Waals surface area contributed by atoms with E-state index in [0.717, 1.165) is 27.7 Å². The van der Waals surface area contributed by atoms with E-state index >= 15 is 0 Å². The van der Waals surface area contributed by atoms with Gasteiger partial charge in [-0.25, -0.2) is 4.98 Å². The number of nitrogens with zero attached hydrogens (tertiary/aromatic N) is 3. The fourth-order valence-electron chi connectivity index (χ4n) is 3.39. The molecule has 0 radical (unpaired) electrons. The van der Waals surface area contributed by atoms with Crippen molar-refractivity contribution in [1.82, 2.24) is 9.88 Å². The molecule has 0 saturated heterocycles. The molecule has 2 atom stereocenters. The van der Waals surface area contributed by atoms with Gasteiger partial charge in [-0.05, 0) is 64.3 Å². The summed E-state index contributed by atoms with van der Waals surface area (Å²) >= 11 is 5.02. The van der Waals surface area contributed by atoms with Gasteiger partial charge in [0.05, 0.1) is 10.2 Å². The number of hydrogen-bond donors (Lipinski definition) is 0. The molecule has 1 aromatic heterocycles. The molecule has 0 saturated carbocycles. The summed E-state index contributed by atoms with van der Waals surface area (Å²) in [4.78, 5) is 22.2. The van der Waals surface area contributed by atoms with Gasteiger partial charge in [0.1, 0.15) is 6.10 Å². The van der Waals surface area contributed by atoms with E-state index in [1.807, 2.05) is 63.5 Å². The van der Waals surface area contributed by atoms with Crippen molar-refractivity contribution >= 4 is 60.9 Å². The zero-order valence-corrected chi connectivity index (χ0v) is 20.8. The predicted octanol–water partition coefficient (Wildman–Crippen LogP) is 4.99. The van der Waals surface area contributed by atoms with E-state index in [2.05, 4.69) is 20.8 Å². The largest absolute Gasteiger partial charge is 0.482 e. The van der Waals surface area contributed by atoms with Crippen LogP contribution in [0.5, 0.6) is 11.5 Å². The second-order valence-corrected chi connectivity index (χ2v) is 9.49. The van der Waals surface area contributed by atoms with Gasteiger partial charge in [-0.3, -0.25) is 9.69 Å². The maximum Gasteiger partial charge on any atom is 0.273 e. The summed E-state index contributed by atoms with van der Waals surface area (Å²) < 4.78 is 14.1. The van der Waals surface area contributed by atoms with E-state index in [-0.39, 0.29) is 18.3 Å². The van der Waals surface area contributed by atoms with Crippen LogP contribution in [-0.4, -0.2) is 55.2 Å². The fraction of sp³-hybridized carbons (Fsp3) is 0.364. The minimum atomic E-state index is -0.724. The van der Waals surface area contributed by atoms with Crippen molar-refractivity contribution in [2.24, 2.45) is 0 Å². The number of aromatic nitrogens is 1. The Morgan fingerprint density at radius 2 is 1.84 bits per heavy atom. The number of ether oxygens (including phenoxy) is 2. The molecular weight excluding hydrogens is 502 g/mol. The van der Waals surface area contributed by atoms with E-state index in [1.54, 1.807) is 4.90 Å². The summed E-state index contributed by atoms with van der Waals surface area (Å²) in [5.41, 5.74) is 0.878. The van der Waals surface area contributed by atoms with Crippen LogP contribution in [-0.2, 0) is 4.79 Å². The molecule has 4 rings (SSSR count). The fourth-order valence-corrected chi connectivity index (χ4v) is 4.94. The lowest BCUT2D eigenvalue weighted by Crippen LogP contribution is -2.51. The number of carbonyl (C=O) groups excluding carboxylic acids is 1. The van der Waals surface area contributed by atoms with Gasteiger partial charge in [-0.2, -0.15) is 0 Å². The topological polar surface area (TPSA) is 54.9 Å². The zero-order chi connectivity index (χ0) is 21.3. The number of thiazole rings is 1. The monoisotopic (exact) mass is 525 g/mol. The first-order chi connectivity index (χ1) is 14.4. The third-order valence-electron chi connectivity index (χ3n) is 4.91. The smallest absolute Gasteiger partial charge is 0.273 e. The number of para-hydroxylation sites is 2. The molecule has 1 aliphatic heterocycles. The lowest BCUT2D eigenvalue weighted by molar-refractivity contribution is -0.130. The van der Waals surface area contributed by atoms with Crippen molar-refractivity contribution in [1.29, 1.82) is 0 Å². The zero-order valence-electron chi connectivity index (χ0n) is 17.6. The first-order valence-electron chi connectivity index (χ1n) is 9.87. The predicted molar refractivity (Wildman–Crippen MR) is 131 cm³/mol. The number of anilines is 1. The van der Waals surface area contributed by atoms with E-state index in [9.17, 15) is 4.79 Å². The van der Waals surface area contributed by atoms with Crippen LogP contribution in [0.4, 0.5) is 5.13 Å². The molecule has 0 bridgehead atoms. The Morgan fingerprint density at radius 1 is 1.13 bits per heavy atom. The van der Waals surface area contributed by atoms with Gasteiger partial charge in [-0.1, -0.05) is 39.4 Å². The first-order valence-corrected chi connectivity index (χ1v) is 11.5. The van der Waals surface area contributed by atoms with Crippen LogP contribution >= 0.6 is 39.7 Å². The molecule has 0 spiro atoms. The Kier molecular flexibility index (Phi) is 7.80. The van der Waals surface area contributed by atoms with Gasteiger partial charge in [0.2, 0.25) is 6.10 Å². The summed E-state index contributed by atoms with van der Waals surface area (Å²) in [7, 11) is 4.05. The van der Waals surface area contributed by atoms with Crippen LogP contribution < -0.4 is 14.4 Å². The Labute approximate surface area is 200 Å². The summed E-state index contributed by atoms with van der Waals surface area (Å²) in [5, 5.41) is 0.682. The van der Waals surface area contributed by atoms with Crippen molar-refractivity contribution in [3.8, 4) is 11.5 Å². The maximum atomic E-state index is 13.6. The van der Waals surface area contributed by atoms with E-state index < -0.39 is 12.2 Å². The maximum absolute atomic E-state index is 13.6. The minimum absolute atomic E-state index is 0. The highest BCUT2D eigenvalue weighted by molar-refractivity contribution is 9.10. The second kappa shape index (κ2) is 10.2. The Balaban J connectivity index is 0.00000272. The third-order valence-corrected chi connectivity index (χ3v) is 6.44. The number of hydrogen-bond acceptors (Lipinski definition) is 6. The normalized spacial score (nSPS) is 17.5. The standard InChI is InChI=1S/C22H24BrN3O3S.ClH/c1-14-20(29-18-8-5-4-7-17(18)28-14)21(27)26(12-6-11-25(2)3)22-24-16-10-9-15(23)13-19(16)30-22;/h4-5,7-10,13-14,20H,6,11-12H2,1-3H3;1H. The van der Waals surface area contributed by atoms with Crippen LogP contribution in [0, 0.1) is 0 Å². The summed E-state index contributed by atoms with van der Waals surface area (Å²) in [5.74, 6) is 1.13. The molecule has 1 amide bonds. The average molecular weight is 527 g/mol. The summed E-state index contributed by atoms with van der Waals surface area (Å²) in [6.07, 6.45) is -0.290. The number of benzene rings is 2. The lowest BCUT2D eigenvalue weighted by atomic mass is 10.1. The molecular formula is C22H25BrClN3O3S. The van der Waals surface area contributed by atoms with Gasteiger partial charge in [-0.15, -0.1) is 12.4 Å². The molecule has 0 aliphatic carbocycles. The number of halogens is 2. The highest BCUT2D eigenvalue weighted by Gasteiger charge is 2.38. The number of amides is 1. The molecule has 166 valence electrons. The minimum Gasteiger partial charge on any atom is -0.482 e. The molecule has 2 aromatic carbocycles. The van der Waals surface area contributed by atoms with Crippen LogP contribution in [0.15, 0.2) is 46.9 Å². The molecule has 31 heavy (non-hydrogen) atoms. The van der Waals surface area contributed by atoms with Crippen molar-refractivity contribution in [2.75, 3.05) is 32.1 Å².